The van der Waals surface area contributed by atoms with Crippen molar-refractivity contribution in [2.45, 2.75) is 38.5 Å². The maximum atomic E-state index is 12.8. The molecule has 0 bridgehead atoms. The number of nitrogens with zero attached hydrogens (tertiary/aromatic N) is 2. The van der Waals surface area contributed by atoms with Crippen molar-refractivity contribution in [3.63, 3.8) is 0 Å². The largest absolute Gasteiger partial charge is 0.438 e. The zero-order valence-electron chi connectivity index (χ0n) is 17.3. The number of benzene rings is 2. The molecule has 2 heterocycles. The summed E-state index contributed by atoms with van der Waals surface area (Å²) in [7, 11) is 0. The summed E-state index contributed by atoms with van der Waals surface area (Å²) in [5.74, 6) is 0. The first-order valence-corrected chi connectivity index (χ1v) is 10.5. The zero-order valence-corrected chi connectivity index (χ0v) is 17.3. The smallest absolute Gasteiger partial charge is 0.411 e. The van der Waals surface area contributed by atoms with Gasteiger partial charge in [0.05, 0.1) is 19.3 Å². The summed E-state index contributed by atoms with van der Waals surface area (Å²) < 4.78 is 11.4. The van der Waals surface area contributed by atoms with Gasteiger partial charge in [-0.05, 0) is 30.5 Å². The first-order chi connectivity index (χ1) is 14.0. The highest BCUT2D eigenvalue weighted by atomic mass is 16.6. The van der Waals surface area contributed by atoms with Crippen LogP contribution in [0.2, 0.25) is 0 Å². The van der Waals surface area contributed by atoms with Crippen LogP contribution in [0.3, 0.4) is 0 Å². The summed E-state index contributed by atoms with van der Waals surface area (Å²) in [4.78, 5) is 17.0. The number of hydrogen-bond donors (Lipinski definition) is 0. The molecule has 0 aromatic heterocycles. The van der Waals surface area contributed by atoms with Crippen molar-refractivity contribution in [1.29, 1.82) is 0 Å². The van der Waals surface area contributed by atoms with E-state index in [2.05, 4.69) is 48.2 Å². The Balaban J connectivity index is 1.41. The first-order valence-electron chi connectivity index (χ1n) is 10.5. The average molecular weight is 395 g/mol. The van der Waals surface area contributed by atoms with Crippen molar-refractivity contribution in [3.8, 4) is 0 Å². The summed E-state index contributed by atoms with van der Waals surface area (Å²) in [5, 5.41) is 0. The van der Waals surface area contributed by atoms with Crippen molar-refractivity contribution in [2.75, 3.05) is 32.8 Å². The number of amides is 1. The fourth-order valence-corrected chi connectivity index (χ4v) is 4.17. The molecule has 2 fully saturated rings. The van der Waals surface area contributed by atoms with Crippen LogP contribution < -0.4 is 0 Å². The molecule has 1 amide bonds. The molecule has 2 saturated heterocycles. The second-order valence-corrected chi connectivity index (χ2v) is 8.21. The second-order valence-electron chi connectivity index (χ2n) is 8.21. The first kappa shape index (κ1) is 19.9. The Kier molecular flexibility index (Phi) is 5.88. The molecule has 2 aliphatic rings. The van der Waals surface area contributed by atoms with E-state index in [4.69, 9.17) is 9.47 Å². The van der Waals surface area contributed by atoms with E-state index in [0.29, 0.717) is 6.54 Å². The van der Waals surface area contributed by atoms with Crippen LogP contribution in [0.15, 0.2) is 54.6 Å². The average Bonchev–Trinajstić information content (AvgIpc) is 2.75. The third-order valence-electron chi connectivity index (χ3n) is 6.20. The van der Waals surface area contributed by atoms with Gasteiger partial charge in [-0.25, -0.2) is 4.79 Å². The van der Waals surface area contributed by atoms with Crippen LogP contribution in [0.5, 0.6) is 0 Å². The van der Waals surface area contributed by atoms with Gasteiger partial charge in [0.1, 0.15) is 5.60 Å². The van der Waals surface area contributed by atoms with Gasteiger partial charge in [0.25, 0.3) is 0 Å². The number of carbonyl (C=O) groups excluding carboxylic acids is 1. The Labute approximate surface area is 173 Å². The topological polar surface area (TPSA) is 42.0 Å². The molecule has 2 aromatic carbocycles. The van der Waals surface area contributed by atoms with Gasteiger partial charge in [-0.3, -0.25) is 4.90 Å². The Bertz CT molecular complexity index is 818. The lowest BCUT2D eigenvalue weighted by atomic mass is 9.89. The molecule has 0 radical (unpaired) electrons. The van der Waals surface area contributed by atoms with E-state index in [1.165, 1.54) is 5.56 Å². The van der Waals surface area contributed by atoms with E-state index in [0.717, 1.165) is 50.4 Å². The molecule has 0 spiro atoms. The second kappa shape index (κ2) is 8.56. The summed E-state index contributed by atoms with van der Waals surface area (Å²) in [6, 6.07) is 18.6. The Hall–Kier alpha value is -2.37. The summed E-state index contributed by atoms with van der Waals surface area (Å²) in [6.07, 6.45) is 0.533. The van der Waals surface area contributed by atoms with Crippen molar-refractivity contribution in [2.24, 2.45) is 0 Å². The highest BCUT2D eigenvalue weighted by molar-refractivity contribution is 5.70. The number of morpholine rings is 1. The van der Waals surface area contributed by atoms with Crippen LogP contribution in [0.25, 0.3) is 0 Å². The van der Waals surface area contributed by atoms with Gasteiger partial charge >= 0.3 is 6.09 Å². The molecule has 29 heavy (non-hydrogen) atoms. The number of hydrogen-bond acceptors (Lipinski definition) is 4. The van der Waals surface area contributed by atoms with Gasteiger partial charge in [0.2, 0.25) is 0 Å². The van der Waals surface area contributed by atoms with Crippen molar-refractivity contribution in [3.05, 3.63) is 71.3 Å². The summed E-state index contributed by atoms with van der Waals surface area (Å²) >= 11 is 0. The van der Waals surface area contributed by atoms with Crippen LogP contribution >= 0.6 is 0 Å². The predicted octanol–water partition coefficient (Wildman–Crippen LogP) is 4.34. The minimum atomic E-state index is -0.582. The molecule has 5 heteroatoms. The molecule has 0 aliphatic carbocycles. The van der Waals surface area contributed by atoms with E-state index in [1.807, 2.05) is 30.0 Å². The van der Waals surface area contributed by atoms with Gasteiger partial charge in [0.15, 0.2) is 0 Å². The minimum absolute atomic E-state index is 0.00384. The molecule has 2 aliphatic heterocycles. The van der Waals surface area contributed by atoms with Crippen molar-refractivity contribution < 1.29 is 14.3 Å². The summed E-state index contributed by atoms with van der Waals surface area (Å²) in [6.45, 7) is 9.27. The highest BCUT2D eigenvalue weighted by Crippen LogP contribution is 2.36. The van der Waals surface area contributed by atoms with Crippen LogP contribution in [-0.2, 0) is 21.6 Å². The lowest BCUT2D eigenvalue weighted by Gasteiger charge is -2.41. The molecule has 4 rings (SSSR count). The number of cyclic esters (lactones) is 1. The van der Waals surface area contributed by atoms with Gasteiger partial charge < -0.3 is 14.4 Å². The zero-order chi connectivity index (χ0) is 20.3. The van der Waals surface area contributed by atoms with Gasteiger partial charge in [-0.15, -0.1) is 0 Å². The molecule has 2 unspecified atom stereocenters. The monoisotopic (exact) mass is 394 g/mol. The number of rotatable bonds is 5. The van der Waals surface area contributed by atoms with Crippen molar-refractivity contribution in [1.82, 2.24) is 9.80 Å². The van der Waals surface area contributed by atoms with Gasteiger partial charge in [-0.1, -0.05) is 54.6 Å². The van der Waals surface area contributed by atoms with Gasteiger partial charge in [-0.2, -0.15) is 0 Å². The van der Waals surface area contributed by atoms with E-state index in [9.17, 15) is 4.79 Å². The lowest BCUT2D eigenvalue weighted by molar-refractivity contribution is -0.0491. The molecular weight excluding hydrogens is 364 g/mol. The van der Waals surface area contributed by atoms with Crippen LogP contribution in [0, 0.1) is 0 Å². The maximum absolute atomic E-state index is 12.8. The van der Waals surface area contributed by atoms with Gasteiger partial charge in [0, 0.05) is 32.6 Å². The standard InChI is InChI=1S/C24H30N2O3/c1-19(21-6-4-3-5-7-21)26-13-12-24(2,29-23(26)27)22-10-8-20(9-11-22)18-25-14-16-28-17-15-25/h3-11,19H,12-18H2,1-2H3. The normalized spacial score (nSPS) is 24.2. The van der Waals surface area contributed by atoms with Crippen LogP contribution in [0.1, 0.15) is 43.0 Å². The SMILES string of the molecule is CC(c1ccccc1)N1CCC(C)(c2ccc(CN3CCOCC3)cc2)OC1=O. The molecular formula is C24H30N2O3. The van der Waals surface area contributed by atoms with E-state index in [1.54, 1.807) is 0 Å². The van der Waals surface area contributed by atoms with Crippen molar-refractivity contribution >= 4 is 6.09 Å². The Morgan fingerprint density at radius 1 is 1.00 bits per heavy atom. The van der Waals surface area contributed by atoms with E-state index in [-0.39, 0.29) is 12.1 Å². The number of ether oxygens (including phenoxy) is 2. The van der Waals surface area contributed by atoms with E-state index >= 15 is 0 Å². The molecule has 154 valence electrons. The third kappa shape index (κ3) is 4.46. The van der Waals surface area contributed by atoms with Crippen LogP contribution in [-0.4, -0.2) is 48.7 Å². The quantitative estimate of drug-likeness (QED) is 0.757. The Morgan fingerprint density at radius 3 is 2.34 bits per heavy atom. The van der Waals surface area contributed by atoms with E-state index < -0.39 is 5.60 Å². The predicted molar refractivity (Wildman–Crippen MR) is 113 cm³/mol. The van der Waals surface area contributed by atoms with Crippen LogP contribution in [0.4, 0.5) is 4.79 Å². The molecule has 5 nitrogen and oxygen atoms in total. The highest BCUT2D eigenvalue weighted by Gasteiger charge is 2.39. The number of carbonyl (C=O) groups is 1. The fraction of sp³-hybridized carbons (Fsp3) is 0.458. The maximum Gasteiger partial charge on any atom is 0.411 e. The molecule has 0 N–H and O–H groups in total. The molecule has 2 aromatic rings. The lowest BCUT2D eigenvalue weighted by Crippen LogP contribution is -2.47. The molecule has 2 atom stereocenters. The minimum Gasteiger partial charge on any atom is -0.438 e. The molecule has 0 saturated carbocycles. The summed E-state index contributed by atoms with van der Waals surface area (Å²) in [5.41, 5.74) is 2.88. The third-order valence-corrected chi connectivity index (χ3v) is 6.20. The fourth-order valence-electron chi connectivity index (χ4n) is 4.17. The Morgan fingerprint density at radius 2 is 1.69 bits per heavy atom.